The van der Waals surface area contributed by atoms with Gasteiger partial charge in [0.1, 0.15) is 13.2 Å². The maximum Gasteiger partial charge on any atom is 0.165 e. The quantitative estimate of drug-likeness (QED) is 0.943. The molecule has 3 rings (SSSR count). The fourth-order valence-electron chi connectivity index (χ4n) is 3.06. The summed E-state index contributed by atoms with van der Waals surface area (Å²) in [7, 11) is 1.98. The largest absolute Gasteiger partial charge is 0.486 e. The van der Waals surface area contributed by atoms with Gasteiger partial charge in [-0.15, -0.1) is 0 Å². The van der Waals surface area contributed by atoms with Crippen molar-refractivity contribution in [3.63, 3.8) is 0 Å². The number of nitrogens with one attached hydrogen (secondary N) is 1. The number of para-hydroxylation sites is 1. The molecule has 1 aromatic heterocycles. The van der Waals surface area contributed by atoms with Gasteiger partial charge in [-0.25, -0.2) is 0 Å². The van der Waals surface area contributed by atoms with Gasteiger partial charge in [0, 0.05) is 36.5 Å². The first-order valence-electron chi connectivity index (χ1n) is 7.69. The van der Waals surface area contributed by atoms with Gasteiger partial charge in [0.05, 0.1) is 5.69 Å². The van der Waals surface area contributed by atoms with Crippen LogP contribution in [0.5, 0.6) is 11.5 Å². The number of hydrogen-bond donors (Lipinski definition) is 1. The average Bonchev–Trinajstić information content (AvgIpc) is 2.77. The molecular formula is C17H23N3O2. The van der Waals surface area contributed by atoms with E-state index in [0.29, 0.717) is 13.2 Å². The fraction of sp³-hybridized carbons (Fsp3) is 0.471. The van der Waals surface area contributed by atoms with Crippen LogP contribution in [0.1, 0.15) is 35.5 Å². The van der Waals surface area contributed by atoms with Gasteiger partial charge in [0.2, 0.25) is 0 Å². The predicted molar refractivity (Wildman–Crippen MR) is 85.4 cm³/mol. The Hall–Kier alpha value is -2.01. The second kappa shape index (κ2) is 6.01. The predicted octanol–water partition coefficient (Wildman–Crippen LogP) is 2.66. The molecule has 0 fully saturated rings. The number of hydrogen-bond acceptors (Lipinski definition) is 4. The van der Waals surface area contributed by atoms with Crippen LogP contribution in [0.15, 0.2) is 18.2 Å². The van der Waals surface area contributed by atoms with Crippen molar-refractivity contribution in [2.75, 3.05) is 13.2 Å². The summed E-state index contributed by atoms with van der Waals surface area (Å²) in [5.41, 5.74) is 4.68. The van der Waals surface area contributed by atoms with Gasteiger partial charge in [-0.3, -0.25) is 4.68 Å². The lowest BCUT2D eigenvalue weighted by Gasteiger charge is -2.22. The smallest absolute Gasteiger partial charge is 0.165 e. The molecule has 118 valence electrons. The van der Waals surface area contributed by atoms with E-state index in [0.717, 1.165) is 29.3 Å². The highest BCUT2D eigenvalue weighted by molar-refractivity contribution is 5.47. The first-order valence-corrected chi connectivity index (χ1v) is 7.69. The van der Waals surface area contributed by atoms with Crippen LogP contribution in [0, 0.1) is 13.8 Å². The molecule has 22 heavy (non-hydrogen) atoms. The zero-order valence-corrected chi connectivity index (χ0v) is 13.6. The average molecular weight is 301 g/mol. The van der Waals surface area contributed by atoms with Crippen molar-refractivity contribution in [2.45, 2.75) is 33.4 Å². The molecule has 0 aliphatic carbocycles. The van der Waals surface area contributed by atoms with Gasteiger partial charge in [0.15, 0.2) is 11.5 Å². The molecule has 5 nitrogen and oxygen atoms in total. The van der Waals surface area contributed by atoms with Crippen LogP contribution in [0.4, 0.5) is 0 Å². The Morgan fingerprint density at radius 1 is 1.27 bits per heavy atom. The van der Waals surface area contributed by atoms with E-state index in [1.807, 2.05) is 23.9 Å². The van der Waals surface area contributed by atoms with E-state index in [2.05, 4.69) is 37.3 Å². The number of ether oxygens (including phenoxy) is 2. The Kier molecular flexibility index (Phi) is 4.07. The monoisotopic (exact) mass is 301 g/mol. The van der Waals surface area contributed by atoms with Crippen LogP contribution in [0.25, 0.3) is 0 Å². The molecule has 1 aliphatic heterocycles. The van der Waals surface area contributed by atoms with Crippen molar-refractivity contribution >= 4 is 0 Å². The van der Waals surface area contributed by atoms with E-state index in [1.165, 1.54) is 11.3 Å². The number of rotatable bonds is 4. The van der Waals surface area contributed by atoms with E-state index in [-0.39, 0.29) is 6.04 Å². The molecule has 1 N–H and O–H groups in total. The van der Waals surface area contributed by atoms with Gasteiger partial charge in [-0.2, -0.15) is 5.10 Å². The maximum absolute atomic E-state index is 5.76. The summed E-state index contributed by atoms with van der Waals surface area (Å²) in [6.45, 7) is 8.30. The Morgan fingerprint density at radius 3 is 2.77 bits per heavy atom. The molecule has 0 bridgehead atoms. The highest BCUT2D eigenvalue weighted by Crippen LogP contribution is 2.34. The summed E-state index contributed by atoms with van der Waals surface area (Å²) in [5, 5.41) is 8.06. The molecule has 1 aromatic carbocycles. The number of aryl methyl sites for hydroxylation is 2. The minimum absolute atomic E-state index is 0.231. The Labute approximate surface area is 131 Å². The first-order chi connectivity index (χ1) is 10.6. The number of benzene rings is 1. The number of nitrogens with zero attached hydrogens (tertiary/aromatic N) is 2. The summed E-state index contributed by atoms with van der Waals surface area (Å²) >= 11 is 0. The third-order valence-electron chi connectivity index (χ3n) is 4.24. The van der Waals surface area contributed by atoms with E-state index in [4.69, 9.17) is 9.47 Å². The van der Waals surface area contributed by atoms with E-state index in [9.17, 15) is 0 Å². The third kappa shape index (κ3) is 2.68. The second-order valence-electron chi connectivity index (χ2n) is 5.75. The van der Waals surface area contributed by atoms with Crippen LogP contribution in [0.3, 0.4) is 0 Å². The molecule has 0 spiro atoms. The zero-order chi connectivity index (χ0) is 15.7. The molecule has 0 saturated carbocycles. The van der Waals surface area contributed by atoms with Crippen molar-refractivity contribution in [1.82, 2.24) is 15.1 Å². The maximum atomic E-state index is 5.76. The van der Waals surface area contributed by atoms with Crippen LogP contribution < -0.4 is 14.8 Å². The first kappa shape index (κ1) is 14.9. The molecule has 0 amide bonds. The summed E-state index contributed by atoms with van der Waals surface area (Å²) < 4.78 is 13.3. The van der Waals surface area contributed by atoms with Crippen molar-refractivity contribution in [3.05, 3.63) is 40.7 Å². The summed E-state index contributed by atoms with van der Waals surface area (Å²) in [6.07, 6.45) is 0. The minimum atomic E-state index is 0.231. The van der Waals surface area contributed by atoms with Crippen LogP contribution in [0.2, 0.25) is 0 Å². The Balaban J connectivity index is 1.75. The lowest BCUT2D eigenvalue weighted by molar-refractivity contribution is 0.169. The van der Waals surface area contributed by atoms with Gasteiger partial charge in [-0.05, 0) is 26.8 Å². The van der Waals surface area contributed by atoms with Gasteiger partial charge < -0.3 is 14.8 Å². The molecule has 0 radical (unpaired) electrons. The number of aromatic nitrogens is 2. The van der Waals surface area contributed by atoms with E-state index < -0.39 is 0 Å². The summed E-state index contributed by atoms with van der Waals surface area (Å²) in [6, 6.07) is 6.28. The molecule has 0 saturated heterocycles. The van der Waals surface area contributed by atoms with Gasteiger partial charge >= 0.3 is 0 Å². The summed E-state index contributed by atoms with van der Waals surface area (Å²) in [4.78, 5) is 0. The zero-order valence-electron chi connectivity index (χ0n) is 13.6. The number of fused-ring (bicyclic) bond motifs is 1. The van der Waals surface area contributed by atoms with Gasteiger partial charge in [-0.1, -0.05) is 12.1 Å². The summed E-state index contributed by atoms with van der Waals surface area (Å²) in [5.74, 6) is 1.71. The van der Waals surface area contributed by atoms with Crippen molar-refractivity contribution in [2.24, 2.45) is 7.05 Å². The second-order valence-corrected chi connectivity index (χ2v) is 5.75. The lowest BCUT2D eigenvalue weighted by atomic mass is 10.1. The van der Waals surface area contributed by atoms with E-state index in [1.54, 1.807) is 0 Å². The van der Waals surface area contributed by atoms with E-state index >= 15 is 0 Å². The topological polar surface area (TPSA) is 48.3 Å². The molecular weight excluding hydrogens is 278 g/mol. The molecule has 2 heterocycles. The fourth-order valence-corrected chi connectivity index (χ4v) is 3.06. The van der Waals surface area contributed by atoms with Gasteiger partial charge in [0.25, 0.3) is 0 Å². The van der Waals surface area contributed by atoms with Crippen molar-refractivity contribution in [1.29, 1.82) is 0 Å². The minimum Gasteiger partial charge on any atom is -0.486 e. The highest BCUT2D eigenvalue weighted by Gasteiger charge is 2.18. The molecule has 5 heteroatoms. The Bertz CT molecular complexity index is 679. The van der Waals surface area contributed by atoms with Crippen LogP contribution in [-0.2, 0) is 13.6 Å². The normalized spacial score (nSPS) is 14.9. The standard InChI is InChI=1S/C17H23N3O2/c1-11(16-12(2)19-20(4)13(16)3)18-10-14-6-5-7-15-17(14)22-9-8-21-15/h5-7,11,18H,8-10H2,1-4H3/t11-/m0/s1. The van der Waals surface area contributed by atoms with Crippen LogP contribution >= 0.6 is 0 Å². The SMILES string of the molecule is Cc1nn(C)c(C)c1[C@H](C)NCc1cccc2c1OCCO2. The highest BCUT2D eigenvalue weighted by atomic mass is 16.6. The molecule has 1 aliphatic rings. The lowest BCUT2D eigenvalue weighted by Crippen LogP contribution is -2.22. The molecule has 2 aromatic rings. The van der Waals surface area contributed by atoms with Crippen LogP contribution in [-0.4, -0.2) is 23.0 Å². The molecule has 1 atom stereocenters. The van der Waals surface area contributed by atoms with Crippen molar-refractivity contribution in [3.8, 4) is 11.5 Å². The Morgan fingerprint density at radius 2 is 2.05 bits per heavy atom. The molecule has 0 unspecified atom stereocenters. The van der Waals surface area contributed by atoms with Crippen molar-refractivity contribution < 1.29 is 9.47 Å². The third-order valence-corrected chi connectivity index (χ3v) is 4.24.